The molecule has 0 unspecified atom stereocenters. The molecule has 32 heavy (non-hydrogen) atoms. The summed E-state index contributed by atoms with van der Waals surface area (Å²) >= 11 is 0. The first kappa shape index (κ1) is 21.9. The minimum Gasteiger partial charge on any atom is -0.478 e. The maximum absolute atomic E-state index is 11.8. The molecule has 0 aromatic heterocycles. The summed E-state index contributed by atoms with van der Waals surface area (Å²) in [5.41, 5.74) is 6.94. The van der Waals surface area contributed by atoms with Crippen LogP contribution in [0.15, 0.2) is 70.9 Å². The highest BCUT2D eigenvalue weighted by molar-refractivity contribution is 5.93. The fourth-order valence-corrected chi connectivity index (χ4v) is 4.24. The van der Waals surface area contributed by atoms with E-state index in [9.17, 15) is 9.90 Å². The van der Waals surface area contributed by atoms with Gasteiger partial charge in [0, 0.05) is 6.54 Å². The topological polar surface area (TPSA) is 65.3 Å². The second-order valence-corrected chi connectivity index (χ2v) is 8.29. The van der Waals surface area contributed by atoms with E-state index in [1.807, 2.05) is 25.1 Å². The third-order valence-electron chi connectivity index (χ3n) is 6.01. The van der Waals surface area contributed by atoms with Crippen molar-refractivity contribution in [2.45, 2.75) is 33.2 Å². The second kappa shape index (κ2) is 9.88. The zero-order valence-corrected chi connectivity index (χ0v) is 18.7. The Hall–Kier alpha value is -3.31. The van der Waals surface area contributed by atoms with Gasteiger partial charge in [-0.2, -0.15) is 10.2 Å². The third kappa shape index (κ3) is 4.94. The predicted octanol–water partition coefficient (Wildman–Crippen LogP) is 6.73. The molecule has 4 rings (SSSR count). The molecule has 164 valence electrons. The second-order valence-electron chi connectivity index (χ2n) is 8.29. The smallest absolute Gasteiger partial charge is 0.336 e. The SMILES string of the molecule is CC/N=N\c1cc(-c2ccc(-c3cccc(CN4CCCC4)c3)cc2)cc(C(=O)O)c1C. The van der Waals surface area contributed by atoms with Gasteiger partial charge in [0.05, 0.1) is 17.8 Å². The van der Waals surface area contributed by atoms with Crippen molar-refractivity contribution in [2.75, 3.05) is 19.6 Å². The minimum atomic E-state index is -0.955. The number of benzene rings is 3. The first-order chi connectivity index (χ1) is 15.5. The number of carboxylic acids is 1. The zero-order valence-electron chi connectivity index (χ0n) is 18.7. The lowest BCUT2D eigenvalue weighted by molar-refractivity contribution is 0.0696. The maximum atomic E-state index is 11.8. The van der Waals surface area contributed by atoms with Gasteiger partial charge in [0.2, 0.25) is 0 Å². The van der Waals surface area contributed by atoms with Crippen molar-refractivity contribution < 1.29 is 9.90 Å². The standard InChI is InChI=1S/C27H29N3O2/c1-3-28-29-26-17-24(16-25(19(26)2)27(31)32)22-11-9-21(10-12-22)23-8-6-7-20(15-23)18-30-13-4-5-14-30/h6-12,15-17H,3-5,13-14,18H2,1-2H3,(H,31,32)/b29-28-. The molecule has 0 amide bonds. The lowest BCUT2D eigenvalue weighted by atomic mass is 9.96. The summed E-state index contributed by atoms with van der Waals surface area (Å²) in [5, 5.41) is 17.9. The molecule has 3 aromatic rings. The van der Waals surface area contributed by atoms with E-state index in [1.54, 1.807) is 13.0 Å². The molecule has 1 N–H and O–H groups in total. The van der Waals surface area contributed by atoms with Crippen molar-refractivity contribution in [3.8, 4) is 22.3 Å². The zero-order chi connectivity index (χ0) is 22.5. The molecule has 1 saturated heterocycles. The van der Waals surface area contributed by atoms with Crippen molar-refractivity contribution >= 4 is 11.7 Å². The van der Waals surface area contributed by atoms with E-state index in [-0.39, 0.29) is 5.56 Å². The maximum Gasteiger partial charge on any atom is 0.336 e. The molecular weight excluding hydrogens is 398 g/mol. The molecule has 1 heterocycles. The van der Waals surface area contributed by atoms with E-state index in [2.05, 4.69) is 51.5 Å². The van der Waals surface area contributed by atoms with Crippen LogP contribution in [-0.4, -0.2) is 35.6 Å². The Labute approximate surface area is 189 Å². The average Bonchev–Trinajstić information content (AvgIpc) is 3.31. The number of carbonyl (C=O) groups is 1. The molecular formula is C27H29N3O2. The molecule has 0 radical (unpaired) electrons. The highest BCUT2D eigenvalue weighted by Crippen LogP contribution is 2.32. The molecule has 0 bridgehead atoms. The van der Waals surface area contributed by atoms with Crippen molar-refractivity contribution in [3.63, 3.8) is 0 Å². The van der Waals surface area contributed by atoms with Crippen LogP contribution in [0.1, 0.15) is 41.3 Å². The number of hydrogen-bond acceptors (Lipinski definition) is 4. The molecule has 0 spiro atoms. The molecule has 0 atom stereocenters. The summed E-state index contributed by atoms with van der Waals surface area (Å²) in [6, 6.07) is 20.6. The molecule has 5 heteroatoms. The Kier molecular flexibility index (Phi) is 6.76. The Morgan fingerprint density at radius 1 is 0.938 bits per heavy atom. The van der Waals surface area contributed by atoms with Crippen molar-refractivity contribution in [3.05, 3.63) is 77.4 Å². The molecule has 1 aliphatic heterocycles. The van der Waals surface area contributed by atoms with Crippen LogP contribution in [0.25, 0.3) is 22.3 Å². The van der Waals surface area contributed by atoms with Crippen LogP contribution in [0, 0.1) is 6.92 Å². The lowest BCUT2D eigenvalue weighted by Gasteiger charge is -2.15. The molecule has 5 nitrogen and oxygen atoms in total. The largest absolute Gasteiger partial charge is 0.478 e. The normalized spacial score (nSPS) is 14.3. The van der Waals surface area contributed by atoms with Crippen LogP contribution in [0.5, 0.6) is 0 Å². The molecule has 1 aliphatic rings. The van der Waals surface area contributed by atoms with Gasteiger partial charge in [0.15, 0.2) is 0 Å². The van der Waals surface area contributed by atoms with Crippen molar-refractivity contribution in [2.24, 2.45) is 10.2 Å². The van der Waals surface area contributed by atoms with Gasteiger partial charge >= 0.3 is 5.97 Å². The van der Waals surface area contributed by atoms with Crippen LogP contribution < -0.4 is 0 Å². The first-order valence-corrected chi connectivity index (χ1v) is 11.2. The summed E-state index contributed by atoms with van der Waals surface area (Å²) < 4.78 is 0. The summed E-state index contributed by atoms with van der Waals surface area (Å²) in [6.07, 6.45) is 2.59. The van der Waals surface area contributed by atoms with Crippen LogP contribution in [-0.2, 0) is 6.54 Å². The number of rotatable bonds is 7. The van der Waals surface area contributed by atoms with E-state index in [0.717, 1.165) is 23.2 Å². The Morgan fingerprint density at radius 2 is 1.62 bits per heavy atom. The van der Waals surface area contributed by atoms with Crippen molar-refractivity contribution in [1.82, 2.24) is 4.90 Å². The Balaban J connectivity index is 1.62. The van der Waals surface area contributed by atoms with Gasteiger partial charge in [0.25, 0.3) is 0 Å². The third-order valence-corrected chi connectivity index (χ3v) is 6.01. The predicted molar refractivity (Wildman–Crippen MR) is 129 cm³/mol. The average molecular weight is 428 g/mol. The lowest BCUT2D eigenvalue weighted by Crippen LogP contribution is -2.18. The monoisotopic (exact) mass is 427 g/mol. The summed E-state index contributed by atoms with van der Waals surface area (Å²) in [5.74, 6) is -0.955. The summed E-state index contributed by atoms with van der Waals surface area (Å²) in [7, 11) is 0. The van der Waals surface area contributed by atoms with E-state index in [0.29, 0.717) is 17.8 Å². The molecule has 3 aromatic carbocycles. The first-order valence-electron chi connectivity index (χ1n) is 11.2. The van der Waals surface area contributed by atoms with Gasteiger partial charge in [-0.05, 0) is 91.4 Å². The summed E-state index contributed by atoms with van der Waals surface area (Å²) in [6.45, 7) is 7.61. The van der Waals surface area contributed by atoms with Gasteiger partial charge in [0.1, 0.15) is 0 Å². The summed E-state index contributed by atoms with van der Waals surface area (Å²) in [4.78, 5) is 14.3. The van der Waals surface area contributed by atoms with Crippen LogP contribution in [0.3, 0.4) is 0 Å². The molecule has 0 aliphatic carbocycles. The van der Waals surface area contributed by atoms with Crippen LogP contribution in [0.4, 0.5) is 5.69 Å². The van der Waals surface area contributed by atoms with Crippen LogP contribution >= 0.6 is 0 Å². The van der Waals surface area contributed by atoms with Gasteiger partial charge in [-0.1, -0.05) is 42.5 Å². The van der Waals surface area contributed by atoms with Crippen molar-refractivity contribution in [1.29, 1.82) is 0 Å². The van der Waals surface area contributed by atoms with Gasteiger partial charge in [-0.25, -0.2) is 4.79 Å². The number of hydrogen-bond donors (Lipinski definition) is 1. The quantitative estimate of drug-likeness (QED) is 0.425. The van der Waals surface area contributed by atoms with E-state index in [1.165, 1.54) is 37.1 Å². The number of aromatic carboxylic acids is 1. The number of carboxylic acid groups (broad SMARTS) is 1. The Bertz CT molecular complexity index is 1130. The number of azo groups is 1. The van der Waals surface area contributed by atoms with E-state index >= 15 is 0 Å². The fraction of sp³-hybridized carbons (Fsp3) is 0.296. The fourth-order valence-electron chi connectivity index (χ4n) is 4.24. The van der Waals surface area contributed by atoms with E-state index in [4.69, 9.17) is 0 Å². The molecule has 1 fully saturated rings. The van der Waals surface area contributed by atoms with Gasteiger partial charge in [-0.3, -0.25) is 4.90 Å². The highest BCUT2D eigenvalue weighted by Gasteiger charge is 2.15. The number of nitrogens with zero attached hydrogens (tertiary/aromatic N) is 3. The minimum absolute atomic E-state index is 0.256. The highest BCUT2D eigenvalue weighted by atomic mass is 16.4. The van der Waals surface area contributed by atoms with Crippen LogP contribution in [0.2, 0.25) is 0 Å². The Morgan fingerprint density at radius 3 is 2.28 bits per heavy atom. The van der Waals surface area contributed by atoms with Gasteiger partial charge < -0.3 is 5.11 Å². The number of likely N-dealkylation sites (tertiary alicyclic amines) is 1. The molecule has 0 saturated carbocycles. The van der Waals surface area contributed by atoms with E-state index < -0.39 is 5.97 Å². The van der Waals surface area contributed by atoms with Gasteiger partial charge in [-0.15, -0.1) is 0 Å².